The van der Waals surface area contributed by atoms with Gasteiger partial charge in [-0.3, -0.25) is 43.3 Å². The van der Waals surface area contributed by atoms with Crippen LogP contribution >= 0.6 is 0 Å². The maximum atomic E-state index is 14.4. The minimum atomic E-state index is -2.76. The largest absolute Gasteiger partial charge is 0.479 e. The van der Waals surface area contributed by atoms with Crippen molar-refractivity contribution < 1.29 is 93.2 Å². The number of rotatable bonds is 19. The van der Waals surface area contributed by atoms with Gasteiger partial charge < -0.3 is 93.2 Å². The molecule has 30 heteroatoms. The van der Waals surface area contributed by atoms with E-state index in [0.29, 0.717) is 23.7 Å². The summed E-state index contributed by atoms with van der Waals surface area (Å²) in [5, 5.41) is 84.8. The molecule has 0 aromatic carbocycles. The number of carboxylic acids is 2. The van der Waals surface area contributed by atoms with Gasteiger partial charge in [-0.15, -0.1) is 0 Å². The van der Waals surface area contributed by atoms with Gasteiger partial charge in [0.25, 0.3) is 0 Å². The zero-order valence-electron chi connectivity index (χ0n) is 45.4. The van der Waals surface area contributed by atoms with Gasteiger partial charge in [0.1, 0.15) is 48.4 Å². The SMILES string of the molecule is CC(C)CCCCCCCCC1CC(=O)N[C@@H](C(C)O)C(=O)N2CCC[C@H]2C(=O)N2CCC[C@H]2C(=O)N[C@@H](CCCN=C(N)N)C(=O)N[C@@H](C(O)C(=O)O)C(=O)N[C@@H](CO)C(=O)N2CCC(O)[C@H]2C(=O)N[C@@H](C(O)C(=O)O)C(=O)O1. The third-order valence-electron chi connectivity index (χ3n) is 14.5. The second-order valence-corrected chi connectivity index (χ2v) is 21.1. The Morgan fingerprint density at radius 3 is 1.80 bits per heavy atom. The van der Waals surface area contributed by atoms with Gasteiger partial charge in [0, 0.05) is 26.2 Å². The molecule has 450 valence electrons. The van der Waals surface area contributed by atoms with Gasteiger partial charge in [0.2, 0.25) is 47.3 Å². The number of carbonyl (C=O) groups excluding carboxylic acids is 9. The number of hydrogen-bond acceptors (Lipinski definition) is 18. The number of aliphatic hydroxyl groups is 5. The minimum Gasteiger partial charge on any atom is -0.479 e. The lowest BCUT2D eigenvalue weighted by atomic mass is 10.0. The maximum Gasteiger partial charge on any atom is 0.335 e. The van der Waals surface area contributed by atoms with E-state index in [0.717, 1.165) is 37.0 Å². The first-order chi connectivity index (χ1) is 37.8. The molecule has 4 saturated heterocycles. The average Bonchev–Trinajstić information content (AvgIpc) is 4.19. The highest BCUT2D eigenvalue weighted by Crippen LogP contribution is 2.27. The standard InChI is InChI=1S/C50H81N11O19/c1-25(2)13-8-6-4-5-7-9-14-27-23-33(65)56-34(26(3)63)46(74)60-21-12-17-31(60)45(73)59-20-11-16-30(59)41(69)54-28(15-10-19-53-50(51)52)40(68)57-35(38(66)47(75)76)42(70)55-29(24-62)44(72)61-22-18-32(64)37(61)43(71)58-36(49(79)80-27)39(67)48(77)78/h25-32,34-39,62-64,66-67H,4-24H2,1-3H3,(H,54,69)(H,55,70)(H,56,65)(H,57,68)(H,58,71)(H,75,76)(H,77,78)(H4,51,52,53)/t26?,27?,28-,29-,30-,31-,32?,34-,35-,36-,37-,38?,39?/m0/s1. The van der Waals surface area contributed by atoms with Gasteiger partial charge in [0.15, 0.2) is 24.2 Å². The number of esters is 1. The number of guanidine groups is 1. The van der Waals surface area contributed by atoms with Crippen LogP contribution in [0.2, 0.25) is 0 Å². The Hall–Kier alpha value is -6.76. The number of nitrogens with one attached hydrogen (secondary N) is 5. The molecule has 0 bridgehead atoms. The van der Waals surface area contributed by atoms with Crippen molar-refractivity contribution in [1.29, 1.82) is 0 Å². The van der Waals surface area contributed by atoms with Crippen molar-refractivity contribution in [1.82, 2.24) is 41.3 Å². The molecule has 4 aliphatic heterocycles. The lowest BCUT2D eigenvalue weighted by molar-refractivity contribution is -0.165. The van der Waals surface area contributed by atoms with Crippen LogP contribution < -0.4 is 38.1 Å². The highest BCUT2D eigenvalue weighted by molar-refractivity contribution is 6.00. The van der Waals surface area contributed by atoms with Gasteiger partial charge in [-0.05, 0) is 70.6 Å². The number of nitrogens with zero attached hydrogens (tertiary/aromatic N) is 4. The number of fused-ring (bicyclic) bond motifs is 3. The number of hydrogen-bond donors (Lipinski definition) is 14. The topological polar surface area (TPSA) is 473 Å². The first-order valence-corrected chi connectivity index (χ1v) is 27.3. The molecule has 30 nitrogen and oxygen atoms in total. The van der Waals surface area contributed by atoms with Crippen LogP contribution in [0.3, 0.4) is 0 Å². The summed E-state index contributed by atoms with van der Waals surface area (Å²) < 4.78 is 5.65. The van der Waals surface area contributed by atoms with Crippen LogP contribution in [0.5, 0.6) is 0 Å². The summed E-state index contributed by atoms with van der Waals surface area (Å²) in [6.07, 6.45) is -5.47. The molecule has 4 aliphatic rings. The van der Waals surface area contributed by atoms with E-state index in [9.17, 15) is 88.5 Å². The van der Waals surface area contributed by atoms with Gasteiger partial charge in [-0.25, -0.2) is 14.4 Å². The second-order valence-electron chi connectivity index (χ2n) is 21.1. The Balaban J connectivity index is 1.79. The summed E-state index contributed by atoms with van der Waals surface area (Å²) >= 11 is 0. The van der Waals surface area contributed by atoms with E-state index in [-0.39, 0.29) is 77.0 Å². The average molecular weight is 1140 g/mol. The lowest BCUT2D eigenvalue weighted by Gasteiger charge is -2.34. The first-order valence-electron chi connectivity index (χ1n) is 27.3. The van der Waals surface area contributed by atoms with Crippen LogP contribution in [-0.4, -0.2) is 233 Å². The number of carbonyl (C=O) groups is 11. The van der Waals surface area contributed by atoms with Gasteiger partial charge in [0.05, 0.1) is 25.2 Å². The van der Waals surface area contributed by atoms with E-state index in [1.54, 1.807) is 0 Å². The van der Waals surface area contributed by atoms with Crippen LogP contribution in [0.15, 0.2) is 4.99 Å². The highest BCUT2D eigenvalue weighted by atomic mass is 16.5. The molecule has 0 spiro atoms. The predicted molar refractivity (Wildman–Crippen MR) is 277 cm³/mol. The number of aliphatic carboxylic acids is 2. The van der Waals surface area contributed by atoms with E-state index >= 15 is 0 Å². The molecule has 5 unspecified atom stereocenters. The zero-order chi connectivity index (χ0) is 59.5. The summed E-state index contributed by atoms with van der Waals surface area (Å²) in [6.45, 7) is 3.54. The monoisotopic (exact) mass is 1140 g/mol. The number of unbranched alkanes of at least 4 members (excludes halogenated alkanes) is 5. The molecular formula is C50H81N11O19. The van der Waals surface area contributed by atoms with Crippen molar-refractivity contribution in [3.8, 4) is 0 Å². The molecule has 16 N–H and O–H groups in total. The number of amides is 8. The number of nitrogens with two attached hydrogens (primary N) is 2. The summed E-state index contributed by atoms with van der Waals surface area (Å²) in [5.41, 5.74) is 10.9. The normalized spacial score (nSPS) is 28.4. The van der Waals surface area contributed by atoms with Crippen molar-refractivity contribution >= 4 is 71.1 Å². The molecule has 0 saturated carbocycles. The molecule has 0 aromatic heterocycles. The van der Waals surface area contributed by atoms with Crippen LogP contribution in [0, 0.1) is 5.92 Å². The molecule has 80 heavy (non-hydrogen) atoms. The zero-order valence-corrected chi connectivity index (χ0v) is 45.4. The van der Waals surface area contributed by atoms with E-state index in [2.05, 4.69) is 34.8 Å². The van der Waals surface area contributed by atoms with Crippen LogP contribution in [0.1, 0.15) is 124 Å². The molecule has 0 aliphatic carbocycles. The van der Waals surface area contributed by atoms with Crippen molar-refractivity contribution in [2.45, 2.75) is 202 Å². The van der Waals surface area contributed by atoms with Crippen LogP contribution in [0.4, 0.5) is 0 Å². The van der Waals surface area contributed by atoms with Crippen LogP contribution in [0.25, 0.3) is 0 Å². The molecule has 4 fully saturated rings. The number of aliphatic imine (C=N–C) groups is 1. The fourth-order valence-electron chi connectivity index (χ4n) is 10.2. The quantitative estimate of drug-likeness (QED) is 0.0249. The number of cyclic esters (lactones) is 1. The molecule has 4 heterocycles. The smallest absolute Gasteiger partial charge is 0.335 e. The molecule has 8 amide bonds. The predicted octanol–water partition coefficient (Wildman–Crippen LogP) is -5.24. The molecule has 13 atom stereocenters. The first kappa shape index (κ1) is 65.8. The van der Waals surface area contributed by atoms with Crippen molar-refractivity contribution in [3.63, 3.8) is 0 Å². The van der Waals surface area contributed by atoms with Crippen molar-refractivity contribution in [3.05, 3.63) is 0 Å². The van der Waals surface area contributed by atoms with E-state index < -0.39 is 164 Å². The Kier molecular flexibility index (Phi) is 25.7. The number of aliphatic hydroxyl groups excluding tert-OH is 5. The number of carboxylic acid groups (broad SMARTS) is 2. The highest BCUT2D eigenvalue weighted by Gasteiger charge is 2.48. The van der Waals surface area contributed by atoms with Crippen LogP contribution in [-0.2, 0) is 57.5 Å². The fraction of sp³-hybridized carbons (Fsp3) is 0.760. The molecular weight excluding hydrogens is 1060 g/mol. The van der Waals surface area contributed by atoms with Gasteiger partial charge >= 0.3 is 17.9 Å². The van der Waals surface area contributed by atoms with Gasteiger partial charge in [-0.1, -0.05) is 52.4 Å². The molecule has 0 radical (unpaired) electrons. The van der Waals surface area contributed by atoms with E-state index in [1.165, 1.54) is 11.8 Å². The maximum absolute atomic E-state index is 14.4. The summed E-state index contributed by atoms with van der Waals surface area (Å²) in [5.74, 6) is -14.6. The number of ether oxygens (including phenoxy) is 1. The fourth-order valence-corrected chi connectivity index (χ4v) is 10.2. The summed E-state index contributed by atoms with van der Waals surface area (Å²) in [4.78, 5) is 158. The minimum absolute atomic E-state index is 0.00851. The van der Waals surface area contributed by atoms with Gasteiger partial charge in [-0.2, -0.15) is 0 Å². The van der Waals surface area contributed by atoms with E-state index in [4.69, 9.17) is 16.2 Å². The molecule has 4 rings (SSSR count). The third kappa shape index (κ3) is 18.4. The third-order valence-corrected chi connectivity index (χ3v) is 14.5. The lowest BCUT2D eigenvalue weighted by Crippen LogP contribution is -2.64. The Morgan fingerprint density at radius 1 is 0.625 bits per heavy atom. The molecule has 0 aromatic rings. The van der Waals surface area contributed by atoms with E-state index in [1.807, 2.05) is 10.6 Å². The second kappa shape index (κ2) is 31.3. The Labute approximate surface area is 462 Å². The van der Waals surface area contributed by atoms with Crippen molar-refractivity contribution in [2.75, 3.05) is 32.8 Å². The van der Waals surface area contributed by atoms with Crippen molar-refractivity contribution in [2.24, 2.45) is 22.4 Å². The summed E-state index contributed by atoms with van der Waals surface area (Å²) in [6, 6.07) is -14.9. The summed E-state index contributed by atoms with van der Waals surface area (Å²) in [7, 11) is 0. The Morgan fingerprint density at radius 2 is 1.20 bits per heavy atom. The Bertz CT molecular complexity index is 2250.